The summed E-state index contributed by atoms with van der Waals surface area (Å²) in [4.78, 5) is 16.5. The first-order valence-corrected chi connectivity index (χ1v) is 9.34. The molecule has 2 N–H and O–H groups in total. The number of amides is 1. The minimum atomic E-state index is -0.390. The van der Waals surface area contributed by atoms with E-state index in [0.717, 1.165) is 19.3 Å². The maximum Gasteiger partial charge on any atom is 0.255 e. The third-order valence-electron chi connectivity index (χ3n) is 4.59. The van der Waals surface area contributed by atoms with Crippen molar-refractivity contribution in [3.8, 4) is 11.5 Å². The number of nitrogens with zero attached hydrogens (tertiary/aromatic N) is 1. The molecule has 0 bridgehead atoms. The Morgan fingerprint density at radius 3 is 2.63 bits per heavy atom. The molecule has 0 aliphatic heterocycles. The summed E-state index contributed by atoms with van der Waals surface area (Å²) in [5, 5.41) is 13.1. The van der Waals surface area contributed by atoms with Gasteiger partial charge in [0.1, 0.15) is 0 Å². The number of carbonyl (C=O) groups excluding carboxylic acids is 1. The second kappa shape index (κ2) is 8.78. The number of anilines is 1. The second-order valence-corrected chi connectivity index (χ2v) is 7.18. The lowest BCUT2D eigenvalue weighted by molar-refractivity contribution is 0.0968. The molecule has 1 aliphatic carbocycles. The van der Waals surface area contributed by atoms with Crippen LogP contribution in [0.4, 0.5) is 5.69 Å². The van der Waals surface area contributed by atoms with E-state index in [1.54, 1.807) is 18.2 Å². The van der Waals surface area contributed by atoms with E-state index in [-0.39, 0.29) is 22.1 Å². The number of nitrogens with one attached hydrogen (secondary N) is 1. The maximum absolute atomic E-state index is 12.6. The number of ether oxygens (including phenoxy) is 2. The first kappa shape index (κ1) is 19.7. The molecular weight excluding hydrogens is 391 g/mol. The standard InChI is InChI=1S/C19H20Cl2N2O4/c1-26-16-6-5-11(7-17(16)27-10-12-3-2-4-15(12)24)19(25)23-18-13(20)8-22-9-14(18)21/h5-9,12,15,24H,2-4,10H2,1H3,(H,22,23,25). The van der Waals surface area contributed by atoms with Crippen LogP contribution in [-0.4, -0.2) is 35.8 Å². The molecule has 0 spiro atoms. The van der Waals surface area contributed by atoms with Gasteiger partial charge in [0.25, 0.3) is 5.91 Å². The Labute approximate surface area is 167 Å². The molecule has 144 valence electrons. The van der Waals surface area contributed by atoms with E-state index < -0.39 is 5.91 Å². The number of rotatable bonds is 6. The van der Waals surface area contributed by atoms with Gasteiger partial charge in [0.2, 0.25) is 0 Å². The highest BCUT2D eigenvalue weighted by Gasteiger charge is 2.26. The van der Waals surface area contributed by atoms with E-state index in [1.807, 2.05) is 0 Å². The molecule has 1 amide bonds. The average molecular weight is 411 g/mol. The van der Waals surface area contributed by atoms with Gasteiger partial charge in [0, 0.05) is 23.9 Å². The molecule has 2 aromatic rings. The minimum Gasteiger partial charge on any atom is -0.493 e. The summed E-state index contributed by atoms with van der Waals surface area (Å²) in [5.41, 5.74) is 0.660. The lowest BCUT2D eigenvalue weighted by atomic mass is 10.1. The van der Waals surface area contributed by atoms with Gasteiger partial charge in [-0.2, -0.15) is 0 Å². The molecule has 1 saturated carbocycles. The Hall–Kier alpha value is -2.02. The third-order valence-corrected chi connectivity index (χ3v) is 5.16. The van der Waals surface area contributed by atoms with Gasteiger partial charge in [0.15, 0.2) is 11.5 Å². The molecule has 27 heavy (non-hydrogen) atoms. The Bertz CT molecular complexity index is 811. The van der Waals surface area contributed by atoms with Crippen LogP contribution in [0.3, 0.4) is 0 Å². The molecular formula is C19H20Cl2N2O4. The fraction of sp³-hybridized carbons (Fsp3) is 0.368. The molecule has 1 aromatic carbocycles. The van der Waals surface area contributed by atoms with Crippen molar-refractivity contribution in [3.05, 3.63) is 46.2 Å². The monoisotopic (exact) mass is 410 g/mol. The largest absolute Gasteiger partial charge is 0.493 e. The first-order chi connectivity index (χ1) is 13.0. The van der Waals surface area contributed by atoms with Crippen LogP contribution < -0.4 is 14.8 Å². The Morgan fingerprint density at radius 1 is 1.26 bits per heavy atom. The van der Waals surface area contributed by atoms with E-state index >= 15 is 0 Å². The molecule has 1 aliphatic rings. The highest BCUT2D eigenvalue weighted by Crippen LogP contribution is 2.33. The SMILES string of the molecule is COc1ccc(C(=O)Nc2c(Cl)cncc2Cl)cc1OCC1CCCC1O. The summed E-state index contributed by atoms with van der Waals surface area (Å²) in [6, 6.07) is 4.87. The molecule has 3 rings (SSSR count). The van der Waals surface area contributed by atoms with E-state index in [1.165, 1.54) is 19.5 Å². The van der Waals surface area contributed by atoms with Crippen LogP contribution in [0, 0.1) is 5.92 Å². The van der Waals surface area contributed by atoms with Gasteiger partial charge in [-0.3, -0.25) is 9.78 Å². The lowest BCUT2D eigenvalue weighted by Gasteiger charge is -2.17. The van der Waals surface area contributed by atoms with Gasteiger partial charge < -0.3 is 19.9 Å². The van der Waals surface area contributed by atoms with Crippen molar-refractivity contribution < 1.29 is 19.4 Å². The number of aromatic nitrogens is 1. The number of hydrogen-bond acceptors (Lipinski definition) is 5. The van der Waals surface area contributed by atoms with E-state index in [9.17, 15) is 9.90 Å². The van der Waals surface area contributed by atoms with Gasteiger partial charge in [-0.15, -0.1) is 0 Å². The predicted octanol–water partition coefficient (Wildman–Crippen LogP) is 4.19. The molecule has 2 atom stereocenters. The summed E-state index contributed by atoms with van der Waals surface area (Å²) in [6.45, 7) is 0.366. The topological polar surface area (TPSA) is 80.7 Å². The smallest absolute Gasteiger partial charge is 0.255 e. The zero-order chi connectivity index (χ0) is 19.4. The molecule has 2 unspecified atom stereocenters. The molecule has 1 fully saturated rings. The summed E-state index contributed by atoms with van der Waals surface area (Å²) < 4.78 is 11.2. The van der Waals surface area contributed by atoms with Crippen molar-refractivity contribution in [2.24, 2.45) is 5.92 Å². The van der Waals surface area contributed by atoms with Crippen molar-refractivity contribution >= 4 is 34.8 Å². The van der Waals surface area contributed by atoms with E-state index in [0.29, 0.717) is 29.4 Å². The lowest BCUT2D eigenvalue weighted by Crippen LogP contribution is -2.21. The number of benzene rings is 1. The fourth-order valence-electron chi connectivity index (χ4n) is 3.06. The predicted molar refractivity (Wildman–Crippen MR) is 104 cm³/mol. The molecule has 6 nitrogen and oxygen atoms in total. The van der Waals surface area contributed by atoms with Gasteiger partial charge in [-0.25, -0.2) is 0 Å². The Kier molecular flexibility index (Phi) is 6.42. The summed E-state index contributed by atoms with van der Waals surface area (Å²) in [6.07, 6.45) is 5.15. The van der Waals surface area contributed by atoms with Gasteiger partial charge in [-0.05, 0) is 31.0 Å². The van der Waals surface area contributed by atoms with Crippen LogP contribution in [0.2, 0.25) is 10.0 Å². The van der Waals surface area contributed by atoms with E-state index in [4.69, 9.17) is 32.7 Å². The first-order valence-electron chi connectivity index (χ1n) is 8.59. The Balaban J connectivity index is 1.76. The summed E-state index contributed by atoms with van der Waals surface area (Å²) in [7, 11) is 1.53. The molecule has 0 radical (unpaired) electrons. The maximum atomic E-state index is 12.6. The summed E-state index contributed by atoms with van der Waals surface area (Å²) in [5.74, 6) is 0.648. The molecule has 1 heterocycles. The third kappa shape index (κ3) is 4.64. The highest BCUT2D eigenvalue weighted by molar-refractivity contribution is 6.39. The average Bonchev–Trinajstić information content (AvgIpc) is 3.07. The molecule has 1 aromatic heterocycles. The van der Waals surface area contributed by atoms with Crippen molar-refractivity contribution in [1.82, 2.24) is 4.98 Å². The van der Waals surface area contributed by atoms with Crippen LogP contribution in [0.1, 0.15) is 29.6 Å². The van der Waals surface area contributed by atoms with Crippen molar-refractivity contribution in [2.45, 2.75) is 25.4 Å². The zero-order valence-electron chi connectivity index (χ0n) is 14.7. The van der Waals surface area contributed by atoms with Crippen LogP contribution in [0.25, 0.3) is 0 Å². The number of aliphatic hydroxyl groups excluding tert-OH is 1. The van der Waals surface area contributed by atoms with Gasteiger partial charge >= 0.3 is 0 Å². The van der Waals surface area contributed by atoms with Crippen molar-refractivity contribution in [2.75, 3.05) is 19.0 Å². The van der Waals surface area contributed by atoms with Crippen molar-refractivity contribution in [1.29, 1.82) is 0 Å². The Morgan fingerprint density at radius 2 is 2.00 bits per heavy atom. The number of carbonyl (C=O) groups is 1. The number of methoxy groups -OCH3 is 1. The summed E-state index contributed by atoms with van der Waals surface area (Å²) >= 11 is 12.1. The zero-order valence-corrected chi connectivity index (χ0v) is 16.3. The van der Waals surface area contributed by atoms with Gasteiger partial charge in [-0.1, -0.05) is 29.6 Å². The highest BCUT2D eigenvalue weighted by atomic mass is 35.5. The second-order valence-electron chi connectivity index (χ2n) is 6.37. The fourth-order valence-corrected chi connectivity index (χ4v) is 3.51. The van der Waals surface area contributed by atoms with Gasteiger partial charge in [0.05, 0.1) is 35.6 Å². The number of aliphatic hydroxyl groups is 1. The molecule has 8 heteroatoms. The van der Waals surface area contributed by atoms with E-state index in [2.05, 4.69) is 10.3 Å². The van der Waals surface area contributed by atoms with Crippen LogP contribution in [0.15, 0.2) is 30.6 Å². The van der Waals surface area contributed by atoms with Crippen LogP contribution in [-0.2, 0) is 0 Å². The number of hydrogen-bond donors (Lipinski definition) is 2. The normalized spacial score (nSPS) is 19.0. The van der Waals surface area contributed by atoms with Crippen molar-refractivity contribution in [3.63, 3.8) is 0 Å². The molecule has 0 saturated heterocycles. The minimum absolute atomic E-state index is 0.0848. The van der Waals surface area contributed by atoms with Crippen LogP contribution in [0.5, 0.6) is 11.5 Å². The number of halogens is 2. The number of pyridine rings is 1. The quantitative estimate of drug-likeness (QED) is 0.745. The van der Waals surface area contributed by atoms with Crippen LogP contribution >= 0.6 is 23.2 Å².